The van der Waals surface area contributed by atoms with Crippen LogP contribution in [0.15, 0.2) is 47.4 Å². The van der Waals surface area contributed by atoms with E-state index in [1.54, 1.807) is 22.7 Å². The van der Waals surface area contributed by atoms with Gasteiger partial charge in [0.05, 0.1) is 0 Å². The van der Waals surface area contributed by atoms with Crippen LogP contribution in [0.25, 0.3) is 0 Å². The lowest BCUT2D eigenvalue weighted by Gasteiger charge is -2.31. The fourth-order valence-electron chi connectivity index (χ4n) is 5.05. The molecule has 0 saturated carbocycles. The van der Waals surface area contributed by atoms with Crippen LogP contribution in [0.1, 0.15) is 52.7 Å². The van der Waals surface area contributed by atoms with Crippen molar-refractivity contribution >= 4 is 29.5 Å². The summed E-state index contributed by atoms with van der Waals surface area (Å²) >= 11 is 1.66. The number of carbonyl (C=O) groups is 3. The Morgan fingerprint density at radius 1 is 1.00 bits per heavy atom. The molecule has 2 aromatic rings. The standard InChI is InChI=1S/C27H29F2N3O3S/c28-27(29)11-14-31(15-12-27)13-10-18-4-6-19(7-5-18)17-36-23-3-1-2-20-21(23)16-32(26(20)35)22-8-9-24(33)30-25(22)34/h1-7,22H,8-17H2,(H,30,33,34). The maximum Gasteiger partial charge on any atom is 0.255 e. The molecule has 0 bridgehead atoms. The first-order chi connectivity index (χ1) is 17.3. The number of nitrogens with one attached hydrogen (secondary N) is 1. The van der Waals surface area contributed by atoms with Gasteiger partial charge >= 0.3 is 0 Å². The van der Waals surface area contributed by atoms with E-state index in [1.165, 1.54) is 5.56 Å². The van der Waals surface area contributed by atoms with Crippen LogP contribution in [-0.4, -0.2) is 59.1 Å². The largest absolute Gasteiger partial charge is 0.322 e. The van der Waals surface area contributed by atoms with Crippen LogP contribution in [0.2, 0.25) is 0 Å². The number of carbonyl (C=O) groups excluding carboxylic acids is 3. The van der Waals surface area contributed by atoms with Crippen molar-refractivity contribution in [2.24, 2.45) is 0 Å². The fraction of sp³-hybridized carbons (Fsp3) is 0.444. The van der Waals surface area contributed by atoms with Gasteiger partial charge in [0.15, 0.2) is 0 Å². The molecule has 3 aliphatic heterocycles. The van der Waals surface area contributed by atoms with Crippen LogP contribution in [-0.2, 0) is 28.3 Å². The Morgan fingerprint density at radius 3 is 2.44 bits per heavy atom. The zero-order chi connectivity index (χ0) is 25.3. The number of thioether (sulfide) groups is 1. The lowest BCUT2D eigenvalue weighted by Crippen LogP contribution is -2.52. The minimum absolute atomic E-state index is 0.0523. The number of alkyl halides is 2. The second kappa shape index (κ2) is 10.3. The number of imide groups is 1. The lowest BCUT2D eigenvalue weighted by molar-refractivity contribution is -0.136. The molecule has 190 valence electrons. The van der Waals surface area contributed by atoms with Crippen molar-refractivity contribution in [2.75, 3.05) is 19.6 Å². The van der Waals surface area contributed by atoms with Gasteiger partial charge in [-0.25, -0.2) is 8.78 Å². The number of piperidine rings is 2. The van der Waals surface area contributed by atoms with Gasteiger partial charge in [0.25, 0.3) is 11.8 Å². The molecule has 1 atom stereocenters. The van der Waals surface area contributed by atoms with Gasteiger partial charge in [-0.15, -0.1) is 11.8 Å². The highest BCUT2D eigenvalue weighted by Crippen LogP contribution is 2.35. The lowest BCUT2D eigenvalue weighted by atomic mass is 10.0. The molecule has 3 aliphatic rings. The molecule has 2 saturated heterocycles. The van der Waals surface area contributed by atoms with Crippen LogP contribution in [0.5, 0.6) is 0 Å². The molecule has 6 nitrogen and oxygen atoms in total. The van der Waals surface area contributed by atoms with E-state index < -0.39 is 17.9 Å². The predicted octanol–water partition coefficient (Wildman–Crippen LogP) is 4.01. The molecule has 3 heterocycles. The highest BCUT2D eigenvalue weighted by atomic mass is 32.2. The van der Waals surface area contributed by atoms with Gasteiger partial charge in [0, 0.05) is 61.7 Å². The van der Waals surface area contributed by atoms with E-state index in [1.807, 2.05) is 12.1 Å². The normalized spacial score (nSPS) is 22.0. The number of amides is 3. The number of likely N-dealkylation sites (tertiary alicyclic amines) is 1. The zero-order valence-corrected chi connectivity index (χ0v) is 20.8. The summed E-state index contributed by atoms with van der Waals surface area (Å²) in [6.45, 7) is 2.06. The van der Waals surface area contributed by atoms with E-state index in [-0.39, 0.29) is 31.1 Å². The van der Waals surface area contributed by atoms with Crippen molar-refractivity contribution in [3.63, 3.8) is 0 Å². The van der Waals surface area contributed by atoms with Gasteiger partial charge < -0.3 is 9.80 Å². The second-order valence-corrected chi connectivity index (χ2v) is 10.8. The summed E-state index contributed by atoms with van der Waals surface area (Å²) in [5, 5.41) is 2.34. The predicted molar refractivity (Wildman–Crippen MR) is 133 cm³/mol. The Kier molecular flexibility index (Phi) is 7.12. The molecule has 0 aromatic heterocycles. The second-order valence-electron chi connectivity index (χ2n) is 9.73. The summed E-state index contributed by atoms with van der Waals surface area (Å²) in [5.41, 5.74) is 3.90. The Labute approximate surface area is 213 Å². The molecule has 0 radical (unpaired) electrons. The third-order valence-electron chi connectivity index (χ3n) is 7.26. The maximum atomic E-state index is 13.3. The average molecular weight is 514 g/mol. The summed E-state index contributed by atoms with van der Waals surface area (Å²) in [7, 11) is 0. The topological polar surface area (TPSA) is 69.7 Å². The van der Waals surface area contributed by atoms with E-state index in [0.717, 1.165) is 34.7 Å². The van der Waals surface area contributed by atoms with Crippen LogP contribution in [0, 0.1) is 0 Å². The smallest absolute Gasteiger partial charge is 0.255 e. The van der Waals surface area contributed by atoms with Crippen LogP contribution >= 0.6 is 11.8 Å². The fourth-order valence-corrected chi connectivity index (χ4v) is 6.08. The minimum atomic E-state index is -2.51. The van der Waals surface area contributed by atoms with Crippen LogP contribution in [0.4, 0.5) is 8.78 Å². The average Bonchev–Trinajstić information content (AvgIpc) is 3.19. The Morgan fingerprint density at radius 2 is 1.72 bits per heavy atom. The molecule has 1 N–H and O–H groups in total. The summed E-state index contributed by atoms with van der Waals surface area (Å²) in [5.74, 6) is -2.63. The maximum absolute atomic E-state index is 13.3. The van der Waals surface area contributed by atoms with E-state index in [2.05, 4.69) is 34.5 Å². The van der Waals surface area contributed by atoms with Gasteiger partial charge in [-0.2, -0.15) is 0 Å². The van der Waals surface area contributed by atoms with Gasteiger partial charge in [-0.3, -0.25) is 19.7 Å². The summed E-state index contributed by atoms with van der Waals surface area (Å²) in [6.07, 6.45) is 1.32. The number of halogens is 2. The Hall–Kier alpha value is -2.78. The van der Waals surface area contributed by atoms with E-state index in [4.69, 9.17) is 0 Å². The van der Waals surface area contributed by atoms with Crippen molar-refractivity contribution in [2.45, 2.75) is 61.3 Å². The summed E-state index contributed by atoms with van der Waals surface area (Å²) in [4.78, 5) is 41.5. The molecule has 0 aliphatic carbocycles. The number of rotatable bonds is 7. The Balaban J connectivity index is 1.16. The third kappa shape index (κ3) is 5.47. The van der Waals surface area contributed by atoms with Crippen LogP contribution < -0.4 is 5.32 Å². The number of benzene rings is 2. The first-order valence-electron chi connectivity index (χ1n) is 12.4. The van der Waals surface area contributed by atoms with E-state index in [9.17, 15) is 23.2 Å². The molecular weight excluding hydrogens is 484 g/mol. The number of hydrogen-bond donors (Lipinski definition) is 1. The molecule has 36 heavy (non-hydrogen) atoms. The Bertz CT molecular complexity index is 1160. The number of hydrogen-bond acceptors (Lipinski definition) is 5. The van der Waals surface area contributed by atoms with Crippen LogP contribution in [0.3, 0.4) is 0 Å². The molecule has 2 aromatic carbocycles. The summed E-state index contributed by atoms with van der Waals surface area (Å²) < 4.78 is 26.7. The SMILES string of the molecule is O=C1CCC(N2Cc3c(SCc4ccc(CCN5CCC(F)(F)CC5)cc4)cccc3C2=O)C(=O)N1. The molecule has 1 unspecified atom stereocenters. The van der Waals surface area contributed by atoms with Crippen molar-refractivity contribution < 1.29 is 23.2 Å². The zero-order valence-electron chi connectivity index (χ0n) is 20.0. The molecule has 3 amide bonds. The van der Waals surface area contributed by atoms with Crippen molar-refractivity contribution in [3.05, 3.63) is 64.7 Å². The number of fused-ring (bicyclic) bond motifs is 1. The van der Waals surface area contributed by atoms with Crippen molar-refractivity contribution in [1.29, 1.82) is 0 Å². The quantitative estimate of drug-likeness (QED) is 0.448. The first-order valence-corrected chi connectivity index (χ1v) is 13.3. The first kappa shape index (κ1) is 24.9. The van der Waals surface area contributed by atoms with Crippen molar-refractivity contribution in [1.82, 2.24) is 15.1 Å². The molecular formula is C27H29F2N3O3S. The van der Waals surface area contributed by atoms with Gasteiger partial charge in [-0.1, -0.05) is 30.3 Å². The molecule has 0 spiro atoms. The molecule has 5 rings (SSSR count). The van der Waals surface area contributed by atoms with Crippen molar-refractivity contribution in [3.8, 4) is 0 Å². The third-order valence-corrected chi connectivity index (χ3v) is 8.43. The van der Waals surface area contributed by atoms with Gasteiger partial charge in [-0.05, 0) is 41.7 Å². The van der Waals surface area contributed by atoms with E-state index >= 15 is 0 Å². The molecule has 2 fully saturated rings. The molecule has 9 heteroatoms. The van der Waals surface area contributed by atoms with Gasteiger partial charge in [0.2, 0.25) is 11.8 Å². The summed E-state index contributed by atoms with van der Waals surface area (Å²) in [6, 6.07) is 13.4. The van der Waals surface area contributed by atoms with E-state index in [0.29, 0.717) is 31.6 Å². The highest BCUT2D eigenvalue weighted by Gasteiger charge is 2.39. The highest BCUT2D eigenvalue weighted by molar-refractivity contribution is 7.98. The van der Waals surface area contributed by atoms with Gasteiger partial charge in [0.1, 0.15) is 6.04 Å². The minimum Gasteiger partial charge on any atom is -0.322 e. The monoisotopic (exact) mass is 513 g/mol. The number of nitrogens with zero attached hydrogens (tertiary/aromatic N) is 2.